The van der Waals surface area contributed by atoms with Crippen molar-refractivity contribution < 1.29 is 14.7 Å². The molecule has 2 saturated carbocycles. The molecular weight excluding hydrogens is 266 g/mol. The van der Waals surface area contributed by atoms with Crippen molar-refractivity contribution in [2.75, 3.05) is 7.05 Å². The first kappa shape index (κ1) is 14.1. The van der Waals surface area contributed by atoms with Gasteiger partial charge in [-0.2, -0.15) is 0 Å². The van der Waals surface area contributed by atoms with E-state index in [2.05, 4.69) is 0 Å². The normalized spacial score (nSPS) is 22.2. The molecule has 1 amide bonds. The van der Waals surface area contributed by atoms with E-state index in [1.165, 1.54) is 25.7 Å². The highest BCUT2D eigenvalue weighted by atomic mass is 16.4. The molecule has 112 valence electrons. The molecule has 1 unspecified atom stereocenters. The van der Waals surface area contributed by atoms with Gasteiger partial charge in [-0.25, -0.2) is 4.79 Å². The molecule has 1 spiro atoms. The fraction of sp³-hybridized carbons (Fsp3) is 0.529. The molecule has 1 atom stereocenters. The number of carboxylic acid groups (broad SMARTS) is 1. The highest BCUT2D eigenvalue weighted by molar-refractivity contribution is 5.87. The van der Waals surface area contributed by atoms with Gasteiger partial charge in [0.25, 0.3) is 0 Å². The Morgan fingerprint density at radius 1 is 1.24 bits per heavy atom. The molecule has 21 heavy (non-hydrogen) atoms. The fourth-order valence-electron chi connectivity index (χ4n) is 3.70. The second kappa shape index (κ2) is 5.17. The molecule has 0 aromatic heterocycles. The average molecular weight is 287 g/mol. The van der Waals surface area contributed by atoms with Gasteiger partial charge in [0.15, 0.2) is 0 Å². The number of aromatic carboxylic acids is 1. The van der Waals surface area contributed by atoms with Crippen molar-refractivity contribution in [2.24, 2.45) is 11.3 Å². The van der Waals surface area contributed by atoms with Crippen LogP contribution in [-0.4, -0.2) is 28.9 Å². The number of carbonyl (C=O) groups is 2. The highest BCUT2D eigenvalue weighted by Crippen LogP contribution is 2.63. The van der Waals surface area contributed by atoms with E-state index in [0.29, 0.717) is 12.0 Å². The molecule has 2 aliphatic carbocycles. The summed E-state index contributed by atoms with van der Waals surface area (Å²) in [6.07, 6.45) is 6.03. The van der Waals surface area contributed by atoms with Crippen LogP contribution in [0.3, 0.4) is 0 Å². The number of nitrogens with zero attached hydrogens (tertiary/aromatic N) is 1. The van der Waals surface area contributed by atoms with Crippen molar-refractivity contribution in [2.45, 2.75) is 38.6 Å². The van der Waals surface area contributed by atoms with Gasteiger partial charge in [-0.1, -0.05) is 25.0 Å². The predicted molar refractivity (Wildman–Crippen MR) is 78.9 cm³/mol. The summed E-state index contributed by atoms with van der Waals surface area (Å²) < 4.78 is 0. The van der Waals surface area contributed by atoms with Crippen molar-refractivity contribution in [1.82, 2.24) is 4.90 Å². The Hall–Kier alpha value is -1.84. The van der Waals surface area contributed by atoms with E-state index in [-0.39, 0.29) is 17.4 Å². The summed E-state index contributed by atoms with van der Waals surface area (Å²) in [6.45, 7) is 0.547. The topological polar surface area (TPSA) is 57.6 Å². The maximum Gasteiger partial charge on any atom is 0.335 e. The number of carbonyl (C=O) groups excluding carboxylic acids is 1. The molecule has 2 aliphatic rings. The lowest BCUT2D eigenvalue weighted by Gasteiger charge is -2.19. The maximum absolute atomic E-state index is 12.5. The zero-order valence-corrected chi connectivity index (χ0v) is 12.3. The van der Waals surface area contributed by atoms with Gasteiger partial charge in [-0.05, 0) is 42.4 Å². The summed E-state index contributed by atoms with van der Waals surface area (Å²) in [7, 11) is 1.84. The number of amides is 1. The van der Waals surface area contributed by atoms with Gasteiger partial charge in [0.05, 0.1) is 5.56 Å². The van der Waals surface area contributed by atoms with Crippen LogP contribution in [0.25, 0.3) is 0 Å². The Labute approximate surface area is 124 Å². The van der Waals surface area contributed by atoms with Gasteiger partial charge in [0.1, 0.15) is 0 Å². The standard InChI is InChI=1S/C17H21NO3/c1-18(11-12-4-6-13(7-5-12)16(20)21)15(19)14-10-17(14)8-2-3-9-17/h4-7,14H,2-3,8-11H2,1H3,(H,20,21). The third-order valence-corrected chi connectivity index (χ3v) is 5.08. The lowest BCUT2D eigenvalue weighted by molar-refractivity contribution is -0.132. The lowest BCUT2D eigenvalue weighted by atomic mass is 10.0. The van der Waals surface area contributed by atoms with Crippen LogP contribution in [0.5, 0.6) is 0 Å². The lowest BCUT2D eigenvalue weighted by Crippen LogP contribution is -2.29. The minimum absolute atomic E-state index is 0.225. The molecule has 0 aliphatic heterocycles. The molecule has 1 aromatic rings. The third kappa shape index (κ3) is 2.67. The molecule has 0 saturated heterocycles. The first-order valence-electron chi connectivity index (χ1n) is 7.59. The Balaban J connectivity index is 1.60. The Kier molecular flexibility index (Phi) is 3.47. The van der Waals surface area contributed by atoms with Crippen molar-refractivity contribution in [3.8, 4) is 0 Å². The molecule has 2 fully saturated rings. The van der Waals surface area contributed by atoms with Gasteiger partial charge in [-0.15, -0.1) is 0 Å². The number of benzene rings is 1. The molecule has 4 heteroatoms. The van der Waals surface area contributed by atoms with Gasteiger partial charge >= 0.3 is 5.97 Å². The van der Waals surface area contributed by atoms with Crippen molar-refractivity contribution in [3.05, 3.63) is 35.4 Å². The highest BCUT2D eigenvalue weighted by Gasteiger charge is 2.59. The van der Waals surface area contributed by atoms with E-state index < -0.39 is 5.97 Å². The number of hydrogen-bond acceptors (Lipinski definition) is 2. The van der Waals surface area contributed by atoms with E-state index in [9.17, 15) is 9.59 Å². The quantitative estimate of drug-likeness (QED) is 0.926. The summed E-state index contributed by atoms with van der Waals surface area (Å²) in [4.78, 5) is 25.1. The Morgan fingerprint density at radius 2 is 1.86 bits per heavy atom. The van der Waals surface area contributed by atoms with Crippen LogP contribution >= 0.6 is 0 Å². The van der Waals surface area contributed by atoms with Crippen LogP contribution < -0.4 is 0 Å². The van der Waals surface area contributed by atoms with Gasteiger partial charge in [0, 0.05) is 19.5 Å². The van der Waals surface area contributed by atoms with Gasteiger partial charge in [-0.3, -0.25) is 4.79 Å². The second-order valence-electron chi connectivity index (χ2n) is 6.52. The summed E-state index contributed by atoms with van der Waals surface area (Å²) in [5, 5.41) is 8.88. The summed E-state index contributed by atoms with van der Waals surface area (Å²) in [5.74, 6) is -0.449. The Morgan fingerprint density at radius 3 is 2.43 bits per heavy atom. The number of carboxylic acids is 1. The van der Waals surface area contributed by atoms with Crippen LogP contribution in [0.15, 0.2) is 24.3 Å². The minimum Gasteiger partial charge on any atom is -0.478 e. The van der Waals surface area contributed by atoms with E-state index >= 15 is 0 Å². The monoisotopic (exact) mass is 287 g/mol. The molecule has 1 aromatic carbocycles. The smallest absolute Gasteiger partial charge is 0.335 e. The molecule has 0 radical (unpaired) electrons. The van der Waals surface area contributed by atoms with Gasteiger partial charge < -0.3 is 10.0 Å². The average Bonchev–Trinajstić information content (AvgIpc) is 2.95. The molecule has 4 nitrogen and oxygen atoms in total. The van der Waals surface area contributed by atoms with E-state index in [1.54, 1.807) is 29.2 Å². The van der Waals surface area contributed by atoms with Crippen molar-refractivity contribution in [1.29, 1.82) is 0 Å². The second-order valence-corrected chi connectivity index (χ2v) is 6.52. The minimum atomic E-state index is -0.924. The predicted octanol–water partition coefficient (Wildman–Crippen LogP) is 2.92. The Bertz CT molecular complexity index is 558. The van der Waals surface area contributed by atoms with Crippen LogP contribution in [0.2, 0.25) is 0 Å². The number of rotatable bonds is 4. The van der Waals surface area contributed by atoms with E-state index in [4.69, 9.17) is 5.11 Å². The largest absolute Gasteiger partial charge is 0.478 e. The van der Waals surface area contributed by atoms with Crippen LogP contribution in [-0.2, 0) is 11.3 Å². The van der Waals surface area contributed by atoms with Crippen LogP contribution in [0.1, 0.15) is 48.0 Å². The van der Waals surface area contributed by atoms with Crippen LogP contribution in [0, 0.1) is 11.3 Å². The summed E-state index contributed by atoms with van der Waals surface area (Å²) in [6, 6.07) is 6.74. The zero-order valence-electron chi connectivity index (χ0n) is 12.3. The molecular formula is C17H21NO3. The first-order valence-corrected chi connectivity index (χ1v) is 7.59. The molecule has 0 heterocycles. The summed E-state index contributed by atoms with van der Waals surface area (Å²) >= 11 is 0. The van der Waals surface area contributed by atoms with Crippen molar-refractivity contribution in [3.63, 3.8) is 0 Å². The zero-order chi connectivity index (χ0) is 15.0. The van der Waals surface area contributed by atoms with E-state index in [0.717, 1.165) is 12.0 Å². The number of hydrogen-bond donors (Lipinski definition) is 1. The van der Waals surface area contributed by atoms with Crippen LogP contribution in [0.4, 0.5) is 0 Å². The molecule has 3 rings (SSSR count). The van der Waals surface area contributed by atoms with E-state index in [1.807, 2.05) is 7.05 Å². The third-order valence-electron chi connectivity index (χ3n) is 5.08. The van der Waals surface area contributed by atoms with Gasteiger partial charge in [0.2, 0.25) is 5.91 Å². The summed E-state index contributed by atoms with van der Waals surface area (Å²) in [5.41, 5.74) is 1.58. The first-order chi connectivity index (χ1) is 10.0. The molecule has 1 N–H and O–H groups in total. The van der Waals surface area contributed by atoms with Crippen molar-refractivity contribution >= 4 is 11.9 Å². The fourth-order valence-corrected chi connectivity index (χ4v) is 3.70. The maximum atomic E-state index is 12.5. The SMILES string of the molecule is CN(Cc1ccc(C(=O)O)cc1)C(=O)C1CC12CCCC2. The molecule has 0 bridgehead atoms.